The van der Waals surface area contributed by atoms with E-state index in [0.29, 0.717) is 17.7 Å². The molecule has 0 radical (unpaired) electrons. The molecule has 0 bridgehead atoms. The summed E-state index contributed by atoms with van der Waals surface area (Å²) < 4.78 is 11.2. The fourth-order valence-electron chi connectivity index (χ4n) is 3.06. The maximum absolute atomic E-state index is 11.2. The zero-order valence-electron chi connectivity index (χ0n) is 15.0. The predicted molar refractivity (Wildman–Crippen MR) is 98.6 cm³/mol. The summed E-state index contributed by atoms with van der Waals surface area (Å²) in [5.41, 5.74) is 7.36. The lowest BCUT2D eigenvalue weighted by atomic mass is 9.99. The summed E-state index contributed by atoms with van der Waals surface area (Å²) in [5, 5.41) is 39.2. The lowest BCUT2D eigenvalue weighted by molar-refractivity contribution is -0.277. The van der Waals surface area contributed by atoms with E-state index in [4.69, 9.17) is 15.2 Å². The van der Waals surface area contributed by atoms with E-state index in [1.807, 2.05) is 12.1 Å². The van der Waals surface area contributed by atoms with E-state index in [0.717, 1.165) is 11.1 Å². The highest BCUT2D eigenvalue weighted by atomic mass is 16.7. The minimum atomic E-state index is -1.51. The van der Waals surface area contributed by atoms with Crippen molar-refractivity contribution in [3.05, 3.63) is 65.2 Å². The Morgan fingerprint density at radius 2 is 1.68 bits per heavy atom. The molecule has 1 aliphatic heterocycles. The van der Waals surface area contributed by atoms with Gasteiger partial charge in [-0.05, 0) is 29.3 Å². The second-order valence-electron chi connectivity index (χ2n) is 6.66. The number of hydrogen-bond acceptors (Lipinski definition) is 7. The molecule has 1 amide bonds. The van der Waals surface area contributed by atoms with Crippen molar-refractivity contribution in [2.24, 2.45) is 5.73 Å². The SMILES string of the molecule is NC(=O)c1ccc(Cc2ccccc2O[C@H]2O[C@H](CO)[C@@H](O)[C@H](O)[C@H]2O)cc1. The van der Waals surface area contributed by atoms with Gasteiger partial charge in [0.15, 0.2) is 0 Å². The topological polar surface area (TPSA) is 142 Å². The van der Waals surface area contributed by atoms with Gasteiger partial charge in [-0.15, -0.1) is 0 Å². The molecule has 0 aromatic heterocycles. The van der Waals surface area contributed by atoms with Crippen molar-refractivity contribution in [2.75, 3.05) is 6.61 Å². The van der Waals surface area contributed by atoms with Crippen molar-refractivity contribution >= 4 is 5.91 Å². The third-order valence-electron chi connectivity index (χ3n) is 4.70. The highest BCUT2D eigenvalue weighted by molar-refractivity contribution is 5.92. The Morgan fingerprint density at radius 1 is 1.00 bits per heavy atom. The lowest BCUT2D eigenvalue weighted by Gasteiger charge is -2.39. The first-order valence-corrected chi connectivity index (χ1v) is 8.84. The normalized spacial score (nSPS) is 27.4. The van der Waals surface area contributed by atoms with Crippen molar-refractivity contribution in [3.63, 3.8) is 0 Å². The van der Waals surface area contributed by atoms with Crippen molar-refractivity contribution < 1.29 is 34.7 Å². The summed E-state index contributed by atoms with van der Waals surface area (Å²) in [6.07, 6.45) is -6.26. The summed E-state index contributed by atoms with van der Waals surface area (Å²) in [6.45, 7) is -0.529. The molecule has 1 saturated heterocycles. The van der Waals surface area contributed by atoms with Crippen LogP contribution in [-0.2, 0) is 11.2 Å². The number of primary amides is 1. The summed E-state index contributed by atoms with van der Waals surface area (Å²) in [5.74, 6) is -0.0799. The van der Waals surface area contributed by atoms with Gasteiger partial charge in [0, 0.05) is 12.0 Å². The van der Waals surface area contributed by atoms with Crippen LogP contribution in [0.2, 0.25) is 0 Å². The maximum Gasteiger partial charge on any atom is 0.248 e. The Bertz CT molecular complexity index is 808. The average Bonchev–Trinajstić information content (AvgIpc) is 2.70. The van der Waals surface area contributed by atoms with Crippen LogP contribution in [0.1, 0.15) is 21.5 Å². The monoisotopic (exact) mass is 389 g/mol. The van der Waals surface area contributed by atoms with Crippen LogP contribution >= 0.6 is 0 Å². The zero-order valence-corrected chi connectivity index (χ0v) is 15.0. The van der Waals surface area contributed by atoms with E-state index in [9.17, 15) is 25.2 Å². The molecule has 1 fully saturated rings. The van der Waals surface area contributed by atoms with Crippen molar-refractivity contribution in [3.8, 4) is 5.75 Å². The van der Waals surface area contributed by atoms with Gasteiger partial charge < -0.3 is 35.6 Å². The van der Waals surface area contributed by atoms with Crippen LogP contribution in [-0.4, -0.2) is 63.6 Å². The number of aliphatic hydroxyl groups excluding tert-OH is 4. The lowest BCUT2D eigenvalue weighted by Crippen LogP contribution is -2.60. The first-order valence-electron chi connectivity index (χ1n) is 8.84. The highest BCUT2D eigenvalue weighted by Crippen LogP contribution is 2.28. The quantitative estimate of drug-likeness (QED) is 0.450. The van der Waals surface area contributed by atoms with Crippen LogP contribution in [0.25, 0.3) is 0 Å². The van der Waals surface area contributed by atoms with E-state index in [1.54, 1.807) is 36.4 Å². The molecule has 28 heavy (non-hydrogen) atoms. The standard InChI is InChI=1S/C20H23NO7/c21-19(26)12-7-5-11(6-8-12)9-13-3-1-2-4-14(13)27-20-18(25)17(24)16(23)15(10-22)28-20/h1-8,15-18,20,22-25H,9-10H2,(H2,21,26)/t15-,16-,17+,18-,20+/m1/s1. The second kappa shape index (κ2) is 8.68. The van der Waals surface area contributed by atoms with Crippen LogP contribution in [0, 0.1) is 0 Å². The minimum absolute atomic E-state index is 0.412. The van der Waals surface area contributed by atoms with Crippen molar-refractivity contribution in [1.82, 2.24) is 0 Å². The minimum Gasteiger partial charge on any atom is -0.462 e. The maximum atomic E-state index is 11.2. The van der Waals surface area contributed by atoms with Gasteiger partial charge >= 0.3 is 0 Å². The Kier molecular flexibility index (Phi) is 6.28. The number of rotatable bonds is 6. The molecule has 6 N–H and O–H groups in total. The predicted octanol–water partition coefficient (Wildman–Crippen LogP) is -0.445. The summed E-state index contributed by atoms with van der Waals surface area (Å²) in [7, 11) is 0. The third kappa shape index (κ3) is 4.32. The van der Waals surface area contributed by atoms with Gasteiger partial charge in [0.05, 0.1) is 6.61 Å². The number of benzene rings is 2. The molecule has 8 heteroatoms. The molecule has 5 atom stereocenters. The van der Waals surface area contributed by atoms with Gasteiger partial charge in [-0.3, -0.25) is 4.79 Å². The van der Waals surface area contributed by atoms with Crippen molar-refractivity contribution in [1.29, 1.82) is 0 Å². The van der Waals surface area contributed by atoms with Crippen molar-refractivity contribution in [2.45, 2.75) is 37.1 Å². The number of carbonyl (C=O) groups excluding carboxylic acids is 1. The van der Waals surface area contributed by atoms with Crippen LogP contribution < -0.4 is 10.5 Å². The molecule has 1 aliphatic rings. The molecule has 0 unspecified atom stereocenters. The largest absolute Gasteiger partial charge is 0.462 e. The molecule has 2 aromatic rings. The van der Waals surface area contributed by atoms with E-state index < -0.39 is 43.2 Å². The third-order valence-corrected chi connectivity index (χ3v) is 4.70. The molecule has 0 aliphatic carbocycles. The van der Waals surface area contributed by atoms with E-state index in [1.165, 1.54) is 0 Å². The number of hydrogen-bond donors (Lipinski definition) is 5. The molecular formula is C20H23NO7. The fraction of sp³-hybridized carbons (Fsp3) is 0.350. The van der Waals surface area contributed by atoms with Gasteiger partial charge in [0.1, 0.15) is 30.2 Å². The van der Waals surface area contributed by atoms with Gasteiger partial charge in [-0.25, -0.2) is 0 Å². The second-order valence-corrected chi connectivity index (χ2v) is 6.66. The Balaban J connectivity index is 1.77. The molecular weight excluding hydrogens is 366 g/mol. The van der Waals surface area contributed by atoms with E-state index in [2.05, 4.69) is 0 Å². The number of carbonyl (C=O) groups is 1. The Hall–Kier alpha value is -2.49. The van der Waals surface area contributed by atoms with E-state index in [-0.39, 0.29) is 0 Å². The smallest absolute Gasteiger partial charge is 0.248 e. The van der Waals surface area contributed by atoms with Gasteiger partial charge in [-0.1, -0.05) is 30.3 Å². The van der Waals surface area contributed by atoms with Gasteiger partial charge in [0.2, 0.25) is 12.2 Å². The fourth-order valence-corrected chi connectivity index (χ4v) is 3.06. The molecule has 2 aromatic carbocycles. The summed E-state index contributed by atoms with van der Waals surface area (Å²) in [6, 6.07) is 13.9. The summed E-state index contributed by atoms with van der Waals surface area (Å²) >= 11 is 0. The number of amides is 1. The number of ether oxygens (including phenoxy) is 2. The molecule has 8 nitrogen and oxygen atoms in total. The molecule has 1 heterocycles. The van der Waals surface area contributed by atoms with Crippen LogP contribution in [0.15, 0.2) is 48.5 Å². The number of nitrogens with two attached hydrogens (primary N) is 1. The number of aliphatic hydroxyl groups is 4. The molecule has 0 saturated carbocycles. The van der Waals surface area contributed by atoms with Crippen LogP contribution in [0.5, 0.6) is 5.75 Å². The zero-order chi connectivity index (χ0) is 20.3. The van der Waals surface area contributed by atoms with Gasteiger partial charge in [-0.2, -0.15) is 0 Å². The van der Waals surface area contributed by atoms with Gasteiger partial charge in [0.25, 0.3) is 0 Å². The Labute approximate surface area is 161 Å². The Morgan fingerprint density at radius 3 is 2.32 bits per heavy atom. The molecule has 3 rings (SSSR count). The summed E-state index contributed by atoms with van der Waals surface area (Å²) in [4.78, 5) is 11.2. The first-order chi connectivity index (χ1) is 13.4. The van der Waals surface area contributed by atoms with E-state index >= 15 is 0 Å². The molecule has 150 valence electrons. The van der Waals surface area contributed by atoms with Crippen LogP contribution in [0.3, 0.4) is 0 Å². The highest BCUT2D eigenvalue weighted by Gasteiger charge is 2.44. The average molecular weight is 389 g/mol. The molecule has 0 spiro atoms. The first kappa shape index (κ1) is 20.2. The number of para-hydroxylation sites is 1. The van der Waals surface area contributed by atoms with Crippen LogP contribution in [0.4, 0.5) is 0 Å².